The molecule has 0 saturated carbocycles. The van der Waals surface area contributed by atoms with Crippen LogP contribution in [-0.2, 0) is 12.8 Å². The number of nitriles is 1. The first-order chi connectivity index (χ1) is 12.2. The van der Waals surface area contributed by atoms with Gasteiger partial charge in [0.05, 0.1) is 11.3 Å². The fraction of sp³-hybridized carbons (Fsp3) is 0.235. The quantitative estimate of drug-likeness (QED) is 0.728. The summed E-state index contributed by atoms with van der Waals surface area (Å²) in [5.74, 6) is 0.631. The van der Waals surface area contributed by atoms with Gasteiger partial charge in [-0.3, -0.25) is 5.10 Å². The molecule has 25 heavy (non-hydrogen) atoms. The average Bonchev–Trinajstić information content (AvgIpc) is 3.10. The Bertz CT molecular complexity index is 929. The molecule has 126 valence electrons. The molecular weight excluding hydrogens is 356 g/mol. The van der Waals surface area contributed by atoms with Gasteiger partial charge in [-0.2, -0.15) is 10.4 Å². The molecule has 3 rings (SSSR count). The van der Waals surface area contributed by atoms with Gasteiger partial charge in [0.15, 0.2) is 5.82 Å². The molecule has 0 spiro atoms. The maximum absolute atomic E-state index is 9.55. The lowest BCUT2D eigenvalue weighted by Gasteiger charge is -2.08. The Morgan fingerprint density at radius 1 is 1.16 bits per heavy atom. The van der Waals surface area contributed by atoms with Crippen molar-refractivity contribution in [1.29, 1.82) is 5.26 Å². The largest absolute Gasteiger partial charge is 0.258 e. The normalized spacial score (nSPS) is 10.6. The van der Waals surface area contributed by atoms with Crippen LogP contribution in [0.25, 0.3) is 11.4 Å². The number of rotatable bonds is 5. The minimum atomic E-state index is 0.488. The third kappa shape index (κ3) is 3.65. The van der Waals surface area contributed by atoms with Crippen molar-refractivity contribution >= 4 is 23.4 Å². The van der Waals surface area contributed by atoms with Crippen LogP contribution in [0.15, 0.2) is 34.4 Å². The van der Waals surface area contributed by atoms with E-state index in [1.807, 2.05) is 26.0 Å². The molecule has 8 heteroatoms. The smallest absolute Gasteiger partial charge is 0.215 e. The molecule has 2 heterocycles. The third-order valence-electron chi connectivity index (χ3n) is 3.70. The van der Waals surface area contributed by atoms with Gasteiger partial charge in [-0.15, -0.1) is 10.2 Å². The molecule has 0 radical (unpaired) electrons. The monoisotopic (exact) mass is 370 g/mol. The highest BCUT2D eigenvalue weighted by molar-refractivity contribution is 7.99. The molecule has 0 amide bonds. The number of hydrogen-bond donors (Lipinski definition) is 1. The minimum absolute atomic E-state index is 0.488. The Hall–Kier alpha value is -2.43. The van der Waals surface area contributed by atoms with Crippen LogP contribution < -0.4 is 0 Å². The van der Waals surface area contributed by atoms with Gasteiger partial charge in [0, 0.05) is 10.6 Å². The van der Waals surface area contributed by atoms with E-state index in [1.165, 1.54) is 11.8 Å². The van der Waals surface area contributed by atoms with Crippen LogP contribution in [0.3, 0.4) is 0 Å². The summed E-state index contributed by atoms with van der Waals surface area (Å²) < 4.78 is 0. The van der Waals surface area contributed by atoms with Gasteiger partial charge in [0.25, 0.3) is 0 Å². The fourth-order valence-electron chi connectivity index (χ4n) is 2.46. The maximum Gasteiger partial charge on any atom is 0.215 e. The highest BCUT2D eigenvalue weighted by atomic mass is 35.5. The summed E-state index contributed by atoms with van der Waals surface area (Å²) in [7, 11) is 0. The van der Waals surface area contributed by atoms with Crippen LogP contribution in [0.5, 0.6) is 0 Å². The topological polar surface area (TPSA) is 91.1 Å². The molecule has 6 nitrogen and oxygen atoms in total. The Morgan fingerprint density at radius 2 is 1.92 bits per heavy atom. The van der Waals surface area contributed by atoms with Crippen molar-refractivity contribution in [2.45, 2.75) is 36.9 Å². The van der Waals surface area contributed by atoms with Gasteiger partial charge in [-0.1, -0.05) is 25.4 Å². The van der Waals surface area contributed by atoms with E-state index >= 15 is 0 Å². The van der Waals surface area contributed by atoms with Gasteiger partial charge in [-0.25, -0.2) is 4.98 Å². The number of nitrogens with one attached hydrogen (secondary N) is 1. The number of hydrogen-bond acceptors (Lipinski definition) is 6. The van der Waals surface area contributed by atoms with Crippen LogP contribution in [-0.4, -0.2) is 25.4 Å². The van der Waals surface area contributed by atoms with E-state index in [1.54, 1.807) is 12.1 Å². The molecule has 0 saturated heterocycles. The first kappa shape index (κ1) is 17.4. The first-order valence-corrected chi connectivity index (χ1v) is 9.00. The lowest BCUT2D eigenvalue weighted by Crippen LogP contribution is -2.04. The van der Waals surface area contributed by atoms with Gasteiger partial charge in [-0.05, 0) is 54.4 Å². The van der Waals surface area contributed by atoms with E-state index in [4.69, 9.17) is 11.6 Å². The molecule has 0 bridgehead atoms. The Morgan fingerprint density at radius 3 is 2.56 bits per heavy atom. The summed E-state index contributed by atoms with van der Waals surface area (Å²) in [5, 5.41) is 26.8. The molecule has 2 aromatic heterocycles. The van der Waals surface area contributed by atoms with Crippen molar-refractivity contribution in [3.05, 3.63) is 46.1 Å². The van der Waals surface area contributed by atoms with E-state index in [0.717, 1.165) is 29.7 Å². The number of aromatic nitrogens is 5. The molecule has 1 aromatic carbocycles. The van der Waals surface area contributed by atoms with Crippen LogP contribution in [0.4, 0.5) is 0 Å². The molecule has 0 aliphatic rings. The summed E-state index contributed by atoms with van der Waals surface area (Å²) in [6.07, 6.45) is 1.48. The fourth-order valence-corrected chi connectivity index (χ4v) is 3.34. The van der Waals surface area contributed by atoms with Crippen molar-refractivity contribution < 1.29 is 0 Å². The minimum Gasteiger partial charge on any atom is -0.258 e. The number of H-pyrrole nitrogens is 1. The first-order valence-electron chi connectivity index (χ1n) is 7.81. The predicted octanol–water partition coefficient (Wildman–Crippen LogP) is 4.06. The van der Waals surface area contributed by atoms with E-state index < -0.39 is 0 Å². The molecule has 0 fully saturated rings. The molecule has 3 aromatic rings. The molecule has 0 unspecified atom stereocenters. The van der Waals surface area contributed by atoms with E-state index in [-0.39, 0.29) is 0 Å². The number of halogens is 1. The summed E-state index contributed by atoms with van der Waals surface area (Å²) in [6.45, 7) is 4.02. The summed E-state index contributed by atoms with van der Waals surface area (Å²) in [5.41, 5.74) is 3.24. The summed E-state index contributed by atoms with van der Waals surface area (Å²) >= 11 is 7.13. The van der Waals surface area contributed by atoms with E-state index in [9.17, 15) is 5.26 Å². The molecular formula is C17H15ClN6S. The highest BCUT2D eigenvalue weighted by Crippen LogP contribution is 2.30. The highest BCUT2D eigenvalue weighted by Gasteiger charge is 2.17. The number of benzene rings is 1. The zero-order chi connectivity index (χ0) is 17.8. The van der Waals surface area contributed by atoms with Crippen molar-refractivity contribution in [2.24, 2.45) is 0 Å². The second-order valence-electron chi connectivity index (χ2n) is 5.20. The molecule has 0 aliphatic carbocycles. The van der Waals surface area contributed by atoms with Crippen molar-refractivity contribution in [3.8, 4) is 17.5 Å². The SMILES string of the molecule is CCc1nnc(Sc2n[nH]c(-c3ccc(Cl)cc3)n2)c(C#N)c1CC. The maximum atomic E-state index is 9.55. The second-order valence-corrected chi connectivity index (χ2v) is 6.59. The van der Waals surface area contributed by atoms with Crippen molar-refractivity contribution in [3.63, 3.8) is 0 Å². The molecule has 1 N–H and O–H groups in total. The standard InChI is InChI=1S/C17H15ClN6S/c1-3-12-13(9-19)16(23-21-14(12)4-2)25-17-20-15(22-24-17)10-5-7-11(18)8-6-10/h5-8H,3-4H2,1-2H3,(H,20,22,24). The zero-order valence-corrected chi connectivity index (χ0v) is 15.3. The summed E-state index contributed by atoms with van der Waals surface area (Å²) in [6, 6.07) is 9.57. The predicted molar refractivity (Wildman–Crippen MR) is 96.5 cm³/mol. The lowest BCUT2D eigenvalue weighted by atomic mass is 10.1. The van der Waals surface area contributed by atoms with Crippen LogP contribution in [0.2, 0.25) is 5.02 Å². The lowest BCUT2D eigenvalue weighted by molar-refractivity contribution is 0.815. The number of aromatic amines is 1. The third-order valence-corrected chi connectivity index (χ3v) is 4.79. The van der Waals surface area contributed by atoms with Crippen molar-refractivity contribution in [1.82, 2.24) is 25.4 Å². The van der Waals surface area contributed by atoms with Crippen LogP contribution >= 0.6 is 23.4 Å². The summed E-state index contributed by atoms with van der Waals surface area (Å²) in [4.78, 5) is 4.45. The molecule has 0 atom stereocenters. The zero-order valence-electron chi connectivity index (χ0n) is 13.7. The van der Waals surface area contributed by atoms with E-state index in [0.29, 0.717) is 26.6 Å². The van der Waals surface area contributed by atoms with Gasteiger partial charge in [0.1, 0.15) is 11.1 Å². The Kier molecular flexibility index (Phi) is 5.31. The van der Waals surface area contributed by atoms with Gasteiger partial charge in [0.2, 0.25) is 5.16 Å². The average molecular weight is 371 g/mol. The number of aryl methyl sites for hydroxylation is 1. The second kappa shape index (κ2) is 7.64. The Labute approximate surface area is 154 Å². The van der Waals surface area contributed by atoms with E-state index in [2.05, 4.69) is 31.4 Å². The Balaban J connectivity index is 1.91. The van der Waals surface area contributed by atoms with Crippen LogP contribution in [0.1, 0.15) is 30.7 Å². The van der Waals surface area contributed by atoms with Crippen molar-refractivity contribution in [2.75, 3.05) is 0 Å². The molecule has 0 aliphatic heterocycles. The number of nitrogens with zero attached hydrogens (tertiary/aromatic N) is 5. The van der Waals surface area contributed by atoms with Crippen LogP contribution in [0, 0.1) is 11.3 Å². The van der Waals surface area contributed by atoms with Gasteiger partial charge < -0.3 is 0 Å². The van der Waals surface area contributed by atoms with Gasteiger partial charge >= 0.3 is 0 Å².